The highest BCUT2D eigenvalue weighted by Gasteiger charge is 2.15. The predicted molar refractivity (Wildman–Crippen MR) is 105 cm³/mol. The van der Waals surface area contributed by atoms with E-state index in [1.54, 1.807) is 19.1 Å². The van der Waals surface area contributed by atoms with E-state index in [1.165, 1.54) is 12.1 Å². The first-order chi connectivity index (χ1) is 13.4. The third kappa shape index (κ3) is 4.85. The topological polar surface area (TPSA) is 111 Å². The van der Waals surface area contributed by atoms with Gasteiger partial charge >= 0.3 is 0 Å². The minimum atomic E-state index is -0.493. The number of nitro benzene ring substituents is 1. The Morgan fingerprint density at radius 3 is 2.86 bits per heavy atom. The zero-order valence-electron chi connectivity index (χ0n) is 15.5. The average molecular weight is 383 g/mol. The number of hydrogen-bond acceptors (Lipinski definition) is 5. The van der Waals surface area contributed by atoms with Crippen LogP contribution in [-0.2, 0) is 16.0 Å². The molecule has 0 saturated carbocycles. The third-order valence-electron chi connectivity index (χ3n) is 4.50. The van der Waals surface area contributed by atoms with Crippen LogP contribution in [0.5, 0.6) is 5.75 Å². The van der Waals surface area contributed by atoms with Gasteiger partial charge in [0.05, 0.1) is 17.2 Å². The maximum Gasteiger partial charge on any atom is 0.271 e. The molecule has 2 N–H and O–H groups in total. The molecule has 0 aliphatic carbocycles. The van der Waals surface area contributed by atoms with Gasteiger partial charge in [0.1, 0.15) is 5.75 Å². The number of anilines is 2. The molecule has 0 bridgehead atoms. The molecule has 0 saturated heterocycles. The van der Waals surface area contributed by atoms with E-state index in [0.29, 0.717) is 37.3 Å². The standard InChI is InChI=1S/C20H21N3O5/c1-13-4-6-15(23(26)27)12-18(13)22-19(24)3-2-10-28-16-7-8-17-14(11-16)5-9-20(25)21-17/h4,6-8,11-12H,2-3,5,9-10H2,1H3,(H,21,25)(H,22,24). The van der Waals surface area contributed by atoms with Crippen LogP contribution in [0, 0.1) is 17.0 Å². The minimum Gasteiger partial charge on any atom is -0.494 e. The highest BCUT2D eigenvalue weighted by molar-refractivity contribution is 5.94. The predicted octanol–water partition coefficient (Wildman–Crippen LogP) is 3.59. The lowest BCUT2D eigenvalue weighted by molar-refractivity contribution is -0.384. The van der Waals surface area contributed by atoms with Gasteiger partial charge in [0.15, 0.2) is 0 Å². The average Bonchev–Trinajstić information content (AvgIpc) is 2.66. The fourth-order valence-electron chi connectivity index (χ4n) is 2.94. The van der Waals surface area contributed by atoms with E-state index >= 15 is 0 Å². The molecule has 1 aliphatic heterocycles. The summed E-state index contributed by atoms with van der Waals surface area (Å²) in [5.74, 6) is 0.497. The number of ether oxygens (including phenoxy) is 1. The maximum atomic E-state index is 12.1. The smallest absolute Gasteiger partial charge is 0.271 e. The highest BCUT2D eigenvalue weighted by Crippen LogP contribution is 2.27. The highest BCUT2D eigenvalue weighted by atomic mass is 16.6. The molecule has 1 heterocycles. The van der Waals surface area contributed by atoms with Crippen LogP contribution in [0.25, 0.3) is 0 Å². The van der Waals surface area contributed by atoms with Crippen LogP contribution in [0.4, 0.5) is 17.1 Å². The van der Waals surface area contributed by atoms with Crippen molar-refractivity contribution < 1.29 is 19.2 Å². The number of aryl methyl sites for hydroxylation is 2. The van der Waals surface area contributed by atoms with Crippen molar-refractivity contribution in [2.45, 2.75) is 32.6 Å². The Morgan fingerprint density at radius 1 is 1.25 bits per heavy atom. The molecule has 8 heteroatoms. The normalized spacial score (nSPS) is 12.7. The zero-order chi connectivity index (χ0) is 20.1. The van der Waals surface area contributed by atoms with Crippen LogP contribution in [0.15, 0.2) is 36.4 Å². The van der Waals surface area contributed by atoms with Gasteiger partial charge in [-0.3, -0.25) is 19.7 Å². The van der Waals surface area contributed by atoms with Crippen molar-refractivity contribution in [3.63, 3.8) is 0 Å². The molecule has 0 unspecified atom stereocenters. The summed E-state index contributed by atoms with van der Waals surface area (Å²) in [5, 5.41) is 16.4. The van der Waals surface area contributed by atoms with E-state index in [0.717, 1.165) is 16.8 Å². The van der Waals surface area contributed by atoms with E-state index in [9.17, 15) is 19.7 Å². The Labute approximate surface area is 162 Å². The number of nitrogens with zero attached hydrogens (tertiary/aromatic N) is 1. The SMILES string of the molecule is Cc1ccc([N+](=O)[O-])cc1NC(=O)CCCOc1ccc2c(c1)CCC(=O)N2. The Balaban J connectivity index is 1.47. The monoisotopic (exact) mass is 383 g/mol. The molecule has 0 fully saturated rings. The fourth-order valence-corrected chi connectivity index (χ4v) is 2.94. The van der Waals surface area contributed by atoms with Gasteiger partial charge in [-0.1, -0.05) is 6.07 Å². The number of benzene rings is 2. The quantitative estimate of drug-likeness (QED) is 0.431. The molecule has 8 nitrogen and oxygen atoms in total. The summed E-state index contributed by atoms with van der Waals surface area (Å²) in [7, 11) is 0. The van der Waals surface area contributed by atoms with Crippen molar-refractivity contribution in [3.05, 3.63) is 57.6 Å². The van der Waals surface area contributed by atoms with Crippen LogP contribution in [0.1, 0.15) is 30.4 Å². The lowest BCUT2D eigenvalue weighted by atomic mass is 10.0. The maximum absolute atomic E-state index is 12.1. The molecule has 28 heavy (non-hydrogen) atoms. The first-order valence-electron chi connectivity index (χ1n) is 9.03. The second-order valence-corrected chi connectivity index (χ2v) is 6.62. The number of nitro groups is 1. The van der Waals surface area contributed by atoms with Gasteiger partial charge in [0.25, 0.3) is 5.69 Å². The van der Waals surface area contributed by atoms with E-state index in [1.807, 2.05) is 12.1 Å². The van der Waals surface area contributed by atoms with Gasteiger partial charge in [-0.25, -0.2) is 0 Å². The van der Waals surface area contributed by atoms with Crippen LogP contribution < -0.4 is 15.4 Å². The Morgan fingerprint density at radius 2 is 2.07 bits per heavy atom. The first-order valence-corrected chi connectivity index (χ1v) is 9.03. The molecule has 2 aromatic carbocycles. The summed E-state index contributed by atoms with van der Waals surface area (Å²) in [6.07, 6.45) is 1.90. The molecule has 2 amide bonds. The second kappa shape index (κ2) is 8.51. The number of carbonyl (C=O) groups excluding carboxylic acids is 2. The number of non-ortho nitro benzene ring substituents is 1. The number of nitrogens with one attached hydrogen (secondary N) is 2. The van der Waals surface area contributed by atoms with Crippen molar-refractivity contribution in [1.29, 1.82) is 0 Å². The van der Waals surface area contributed by atoms with Crippen LogP contribution in [-0.4, -0.2) is 23.3 Å². The summed E-state index contributed by atoms with van der Waals surface area (Å²) in [5.41, 5.74) is 2.99. The lowest BCUT2D eigenvalue weighted by Gasteiger charge is -2.17. The van der Waals surface area contributed by atoms with Gasteiger partial charge in [0.2, 0.25) is 11.8 Å². The van der Waals surface area contributed by atoms with Gasteiger partial charge < -0.3 is 15.4 Å². The second-order valence-electron chi connectivity index (χ2n) is 6.62. The van der Waals surface area contributed by atoms with E-state index in [4.69, 9.17) is 4.74 Å². The van der Waals surface area contributed by atoms with Gasteiger partial charge in [-0.15, -0.1) is 0 Å². The van der Waals surface area contributed by atoms with Gasteiger partial charge in [-0.05, 0) is 49.1 Å². The van der Waals surface area contributed by atoms with Crippen molar-refractivity contribution in [1.82, 2.24) is 0 Å². The van der Waals surface area contributed by atoms with Crippen molar-refractivity contribution in [2.24, 2.45) is 0 Å². The van der Waals surface area contributed by atoms with Crippen molar-refractivity contribution in [3.8, 4) is 5.75 Å². The lowest BCUT2D eigenvalue weighted by Crippen LogP contribution is -2.18. The summed E-state index contributed by atoms with van der Waals surface area (Å²) < 4.78 is 5.69. The van der Waals surface area contributed by atoms with Gasteiger partial charge in [0, 0.05) is 30.7 Å². The Hall–Kier alpha value is -3.42. The summed E-state index contributed by atoms with van der Waals surface area (Å²) >= 11 is 0. The van der Waals surface area contributed by atoms with Crippen LogP contribution >= 0.6 is 0 Å². The number of hydrogen-bond donors (Lipinski definition) is 2. The number of carbonyl (C=O) groups is 2. The minimum absolute atomic E-state index is 0.0196. The molecular weight excluding hydrogens is 362 g/mol. The van der Waals surface area contributed by atoms with Crippen molar-refractivity contribution in [2.75, 3.05) is 17.2 Å². The van der Waals surface area contributed by atoms with E-state index < -0.39 is 4.92 Å². The van der Waals surface area contributed by atoms with Crippen LogP contribution in [0.2, 0.25) is 0 Å². The third-order valence-corrected chi connectivity index (χ3v) is 4.50. The molecule has 0 spiro atoms. The largest absolute Gasteiger partial charge is 0.494 e. The van der Waals surface area contributed by atoms with Crippen LogP contribution in [0.3, 0.4) is 0 Å². The van der Waals surface area contributed by atoms with E-state index in [2.05, 4.69) is 10.6 Å². The molecule has 146 valence electrons. The molecule has 3 rings (SSSR count). The fraction of sp³-hybridized carbons (Fsp3) is 0.300. The molecular formula is C20H21N3O5. The molecule has 0 atom stereocenters. The zero-order valence-corrected chi connectivity index (χ0v) is 15.5. The number of rotatable bonds is 7. The number of fused-ring (bicyclic) bond motifs is 1. The number of amides is 2. The Bertz CT molecular complexity index is 926. The van der Waals surface area contributed by atoms with Crippen molar-refractivity contribution >= 4 is 28.9 Å². The first kappa shape index (κ1) is 19.3. The summed E-state index contributed by atoms with van der Waals surface area (Å²) in [6, 6.07) is 9.88. The molecule has 0 aromatic heterocycles. The summed E-state index contributed by atoms with van der Waals surface area (Å²) in [4.78, 5) is 33.8. The molecule has 2 aromatic rings. The Kier molecular flexibility index (Phi) is 5.88. The summed E-state index contributed by atoms with van der Waals surface area (Å²) in [6.45, 7) is 2.15. The van der Waals surface area contributed by atoms with E-state index in [-0.39, 0.29) is 23.9 Å². The molecule has 1 aliphatic rings. The van der Waals surface area contributed by atoms with Gasteiger partial charge in [-0.2, -0.15) is 0 Å². The molecule has 0 radical (unpaired) electrons.